The van der Waals surface area contributed by atoms with Crippen LogP contribution in [0.2, 0.25) is 0 Å². The minimum absolute atomic E-state index is 0.0716. The van der Waals surface area contributed by atoms with Crippen LogP contribution in [0.1, 0.15) is 45.4 Å². The van der Waals surface area contributed by atoms with Crippen LogP contribution in [-0.2, 0) is 14.3 Å². The third kappa shape index (κ3) is 3.66. The zero-order valence-electron chi connectivity index (χ0n) is 13.1. The molecule has 0 spiro atoms. The second-order valence-electron chi connectivity index (χ2n) is 6.33. The minimum atomic E-state index is -0.206. The van der Waals surface area contributed by atoms with Gasteiger partial charge < -0.3 is 9.47 Å². The van der Waals surface area contributed by atoms with Crippen LogP contribution in [0, 0.1) is 0 Å². The Morgan fingerprint density at radius 1 is 1.23 bits per heavy atom. The summed E-state index contributed by atoms with van der Waals surface area (Å²) in [6, 6.07) is 10.6. The molecule has 1 aliphatic heterocycles. The van der Waals surface area contributed by atoms with Gasteiger partial charge in [-0.05, 0) is 25.0 Å². The Bertz CT molecular complexity index is 496. The van der Waals surface area contributed by atoms with Crippen LogP contribution in [0.15, 0.2) is 35.2 Å². The largest absolute Gasteiger partial charge is 0.460 e. The number of benzene rings is 1. The van der Waals surface area contributed by atoms with Crippen molar-refractivity contribution < 1.29 is 14.3 Å². The molecule has 2 atom stereocenters. The molecule has 1 saturated heterocycles. The van der Waals surface area contributed by atoms with E-state index in [4.69, 9.17) is 9.47 Å². The fraction of sp³-hybridized carbons (Fsp3) is 0.611. The van der Waals surface area contributed by atoms with E-state index in [9.17, 15) is 4.79 Å². The van der Waals surface area contributed by atoms with Gasteiger partial charge in [0, 0.05) is 23.0 Å². The summed E-state index contributed by atoms with van der Waals surface area (Å²) >= 11 is 1.96. The van der Waals surface area contributed by atoms with Crippen molar-refractivity contribution in [2.24, 2.45) is 0 Å². The van der Waals surface area contributed by atoms with Crippen molar-refractivity contribution in [1.82, 2.24) is 0 Å². The molecular weight excluding hydrogens is 296 g/mol. The van der Waals surface area contributed by atoms with E-state index < -0.39 is 0 Å². The van der Waals surface area contributed by atoms with E-state index >= 15 is 0 Å². The van der Waals surface area contributed by atoms with E-state index in [-0.39, 0.29) is 22.9 Å². The molecule has 22 heavy (non-hydrogen) atoms. The molecule has 0 amide bonds. The maximum atomic E-state index is 11.2. The van der Waals surface area contributed by atoms with Gasteiger partial charge in [0.05, 0.1) is 12.7 Å². The Balaban J connectivity index is 1.73. The molecule has 0 bridgehead atoms. The average Bonchev–Trinajstić information content (AvgIpc) is 2.97. The lowest BCUT2D eigenvalue weighted by molar-refractivity contribution is -0.146. The van der Waals surface area contributed by atoms with Crippen molar-refractivity contribution >= 4 is 17.7 Å². The Morgan fingerprint density at radius 3 is 2.64 bits per heavy atom. The first-order valence-electron chi connectivity index (χ1n) is 8.21. The lowest BCUT2D eigenvalue weighted by Gasteiger charge is -2.41. The van der Waals surface area contributed by atoms with Gasteiger partial charge in [0.25, 0.3) is 0 Å². The summed E-state index contributed by atoms with van der Waals surface area (Å²) < 4.78 is 11.6. The van der Waals surface area contributed by atoms with E-state index in [1.165, 1.54) is 43.9 Å². The van der Waals surface area contributed by atoms with E-state index in [0.29, 0.717) is 6.61 Å². The zero-order chi connectivity index (χ0) is 15.4. The van der Waals surface area contributed by atoms with E-state index in [2.05, 4.69) is 30.3 Å². The highest BCUT2D eigenvalue weighted by atomic mass is 32.2. The molecule has 0 radical (unpaired) electrons. The molecule has 120 valence electrons. The van der Waals surface area contributed by atoms with Gasteiger partial charge in [0.15, 0.2) is 0 Å². The van der Waals surface area contributed by atoms with Crippen LogP contribution < -0.4 is 0 Å². The lowest BCUT2D eigenvalue weighted by atomic mass is 9.83. The average molecular weight is 320 g/mol. The maximum Gasteiger partial charge on any atom is 0.302 e. The predicted octanol–water partition coefficient (Wildman–Crippen LogP) is 4.20. The lowest BCUT2D eigenvalue weighted by Crippen LogP contribution is -2.41. The van der Waals surface area contributed by atoms with Crippen LogP contribution in [0.4, 0.5) is 0 Å². The molecular formula is C18H24O3S. The van der Waals surface area contributed by atoms with Crippen LogP contribution in [0.25, 0.3) is 0 Å². The zero-order valence-corrected chi connectivity index (χ0v) is 13.9. The topological polar surface area (TPSA) is 35.5 Å². The van der Waals surface area contributed by atoms with Crippen molar-refractivity contribution in [1.29, 1.82) is 0 Å². The summed E-state index contributed by atoms with van der Waals surface area (Å²) in [6.07, 6.45) is 7.15. The second kappa shape index (κ2) is 7.05. The summed E-state index contributed by atoms with van der Waals surface area (Å²) in [7, 11) is 0. The van der Waals surface area contributed by atoms with Gasteiger partial charge in [-0.25, -0.2) is 0 Å². The first-order chi connectivity index (χ1) is 10.7. The quantitative estimate of drug-likeness (QED) is 0.779. The van der Waals surface area contributed by atoms with Gasteiger partial charge in [-0.2, -0.15) is 0 Å². The first kappa shape index (κ1) is 15.9. The normalized spacial score (nSPS) is 27.5. The number of ether oxygens (including phenoxy) is 2. The summed E-state index contributed by atoms with van der Waals surface area (Å²) in [5.74, 6) is -0.206. The fourth-order valence-corrected chi connectivity index (χ4v) is 5.20. The van der Waals surface area contributed by atoms with Gasteiger partial charge in [0.2, 0.25) is 0 Å². The van der Waals surface area contributed by atoms with Crippen LogP contribution in [0.5, 0.6) is 0 Å². The Labute approximate surface area is 136 Å². The third-order valence-corrected chi connectivity index (χ3v) is 6.23. The number of hydrogen-bond acceptors (Lipinski definition) is 4. The molecule has 1 aromatic carbocycles. The Hall–Kier alpha value is -1.00. The summed E-state index contributed by atoms with van der Waals surface area (Å²) in [4.78, 5) is 12.5. The maximum absolute atomic E-state index is 11.2. The summed E-state index contributed by atoms with van der Waals surface area (Å²) in [5, 5.41) is 0. The highest BCUT2D eigenvalue weighted by Gasteiger charge is 2.46. The predicted molar refractivity (Wildman–Crippen MR) is 88.0 cm³/mol. The van der Waals surface area contributed by atoms with E-state index in [0.717, 1.165) is 6.42 Å². The number of rotatable bonds is 4. The van der Waals surface area contributed by atoms with Crippen molar-refractivity contribution in [2.45, 2.75) is 67.3 Å². The molecule has 0 unspecified atom stereocenters. The standard InChI is InChI=1S/C18H24O3S/c1-14(19)21-15-12-17(20-13-15)18(10-6-3-7-11-18)22-16-8-4-2-5-9-16/h2,4-5,8-9,15,17H,3,6-7,10-13H2,1H3/t15-,17-/m0/s1. The molecule has 1 aromatic rings. The summed E-state index contributed by atoms with van der Waals surface area (Å²) in [6.45, 7) is 2.02. The molecule has 0 aromatic heterocycles. The van der Waals surface area contributed by atoms with Gasteiger partial charge in [-0.15, -0.1) is 11.8 Å². The molecule has 2 fully saturated rings. The minimum Gasteiger partial charge on any atom is -0.460 e. The molecule has 1 saturated carbocycles. The van der Waals surface area contributed by atoms with Gasteiger partial charge in [-0.1, -0.05) is 37.5 Å². The third-order valence-electron chi connectivity index (χ3n) is 4.64. The number of esters is 1. The molecule has 2 aliphatic rings. The Morgan fingerprint density at radius 2 is 1.95 bits per heavy atom. The van der Waals surface area contributed by atoms with Crippen molar-refractivity contribution in [3.8, 4) is 0 Å². The van der Waals surface area contributed by atoms with Gasteiger partial charge >= 0.3 is 5.97 Å². The van der Waals surface area contributed by atoms with Crippen molar-refractivity contribution in [3.05, 3.63) is 30.3 Å². The summed E-state index contributed by atoms with van der Waals surface area (Å²) in [5.41, 5.74) is 0. The second-order valence-corrected chi connectivity index (χ2v) is 7.82. The number of hydrogen-bond donors (Lipinski definition) is 0. The molecule has 1 heterocycles. The van der Waals surface area contributed by atoms with Crippen molar-refractivity contribution in [2.75, 3.05) is 6.61 Å². The molecule has 4 heteroatoms. The SMILES string of the molecule is CC(=O)O[C@@H]1CO[C@H](C2(Sc3ccccc3)CCCCC2)C1. The fourth-order valence-electron chi connectivity index (χ4n) is 3.65. The number of carbonyl (C=O) groups is 1. The van der Waals surface area contributed by atoms with Crippen molar-refractivity contribution in [3.63, 3.8) is 0 Å². The monoisotopic (exact) mass is 320 g/mol. The first-order valence-corrected chi connectivity index (χ1v) is 9.02. The molecule has 3 nitrogen and oxygen atoms in total. The highest BCUT2D eigenvalue weighted by Crippen LogP contribution is 2.49. The van der Waals surface area contributed by atoms with E-state index in [1.807, 2.05) is 11.8 Å². The number of carbonyl (C=O) groups excluding carboxylic acids is 1. The number of thioether (sulfide) groups is 1. The van der Waals surface area contributed by atoms with Crippen LogP contribution in [0.3, 0.4) is 0 Å². The van der Waals surface area contributed by atoms with E-state index in [1.54, 1.807) is 0 Å². The van der Waals surface area contributed by atoms with Gasteiger partial charge in [0.1, 0.15) is 6.10 Å². The Kier molecular flexibility index (Phi) is 5.09. The molecule has 3 rings (SSSR count). The van der Waals surface area contributed by atoms with Crippen LogP contribution >= 0.6 is 11.8 Å². The highest BCUT2D eigenvalue weighted by molar-refractivity contribution is 8.00. The van der Waals surface area contributed by atoms with Crippen LogP contribution in [-0.4, -0.2) is 29.5 Å². The molecule has 1 aliphatic carbocycles. The molecule has 0 N–H and O–H groups in total. The smallest absolute Gasteiger partial charge is 0.302 e. The van der Waals surface area contributed by atoms with Gasteiger partial charge in [-0.3, -0.25) is 4.79 Å².